The largest absolute Gasteiger partial charge is 0.310 e. The van der Waals surface area contributed by atoms with Crippen LogP contribution in [0.5, 0.6) is 0 Å². The van der Waals surface area contributed by atoms with Gasteiger partial charge in [-0.15, -0.1) is 0 Å². The summed E-state index contributed by atoms with van der Waals surface area (Å²) in [5.74, 6) is 0.600. The molecule has 0 bridgehead atoms. The Morgan fingerprint density at radius 3 is 2.79 bits per heavy atom. The van der Waals surface area contributed by atoms with Gasteiger partial charge in [0, 0.05) is 42.5 Å². The van der Waals surface area contributed by atoms with Gasteiger partial charge in [-0.1, -0.05) is 19.1 Å². The van der Waals surface area contributed by atoms with E-state index in [1.54, 1.807) is 4.68 Å². The number of nitrogens with one attached hydrogen (secondary N) is 1. The average molecular weight is 377 g/mol. The van der Waals surface area contributed by atoms with Gasteiger partial charge < -0.3 is 5.32 Å². The predicted molar refractivity (Wildman–Crippen MR) is 112 cm³/mol. The molecule has 28 heavy (non-hydrogen) atoms. The summed E-state index contributed by atoms with van der Waals surface area (Å²) < 4.78 is 1.79. The summed E-state index contributed by atoms with van der Waals surface area (Å²) in [6, 6.07) is 9.14. The van der Waals surface area contributed by atoms with Crippen LogP contribution in [0.2, 0.25) is 0 Å². The quantitative estimate of drug-likeness (QED) is 0.734. The van der Waals surface area contributed by atoms with Gasteiger partial charge in [0.1, 0.15) is 5.82 Å². The minimum absolute atomic E-state index is 0.00228. The minimum atomic E-state index is 0.00228. The molecule has 1 saturated heterocycles. The Kier molecular flexibility index (Phi) is 5.13. The lowest BCUT2D eigenvalue weighted by molar-refractivity contribution is -0.118. The molecule has 6 nitrogen and oxygen atoms in total. The molecule has 1 aliphatic rings. The molecular formula is C22H27N5O. The number of hydrogen-bond donors (Lipinski definition) is 1. The van der Waals surface area contributed by atoms with Crippen LogP contribution in [0.25, 0.3) is 21.9 Å². The van der Waals surface area contributed by atoms with Crippen molar-refractivity contribution in [1.82, 2.24) is 19.7 Å². The van der Waals surface area contributed by atoms with Gasteiger partial charge in [-0.2, -0.15) is 5.10 Å². The summed E-state index contributed by atoms with van der Waals surface area (Å²) in [7, 11) is 1.91. The zero-order valence-corrected chi connectivity index (χ0v) is 16.7. The Labute approximate surface area is 165 Å². The molecule has 1 fully saturated rings. The number of pyridine rings is 1. The van der Waals surface area contributed by atoms with Crippen molar-refractivity contribution in [3.05, 3.63) is 42.9 Å². The molecule has 0 aliphatic carbocycles. The van der Waals surface area contributed by atoms with Crippen molar-refractivity contribution in [2.75, 3.05) is 11.9 Å². The van der Waals surface area contributed by atoms with E-state index in [0.717, 1.165) is 34.7 Å². The van der Waals surface area contributed by atoms with Crippen LogP contribution in [0, 0.1) is 0 Å². The van der Waals surface area contributed by atoms with Crippen molar-refractivity contribution < 1.29 is 4.79 Å². The number of nitrogens with zero attached hydrogens (tertiary/aromatic N) is 4. The molecule has 3 heterocycles. The first-order valence-electron chi connectivity index (χ1n) is 9.98. The highest BCUT2D eigenvalue weighted by atomic mass is 16.2. The number of benzene rings is 1. The average Bonchev–Trinajstić information content (AvgIpc) is 3.27. The highest BCUT2D eigenvalue weighted by Gasteiger charge is 2.30. The molecule has 146 valence electrons. The summed E-state index contributed by atoms with van der Waals surface area (Å²) in [4.78, 5) is 19.3. The molecule has 6 heteroatoms. The van der Waals surface area contributed by atoms with Crippen molar-refractivity contribution in [2.45, 2.75) is 45.2 Å². The van der Waals surface area contributed by atoms with Crippen LogP contribution in [0.1, 0.15) is 33.1 Å². The van der Waals surface area contributed by atoms with Gasteiger partial charge in [0.15, 0.2) is 0 Å². The SMILES string of the molecule is CCC1CCC(C)N1CC(=O)Nc1cc2cc(-c3cnn(C)c3)ccc2cn1. The van der Waals surface area contributed by atoms with E-state index >= 15 is 0 Å². The third kappa shape index (κ3) is 3.78. The molecular weight excluding hydrogens is 350 g/mol. The van der Waals surface area contributed by atoms with Crippen LogP contribution in [-0.4, -0.2) is 44.2 Å². The van der Waals surface area contributed by atoms with Crippen molar-refractivity contribution in [1.29, 1.82) is 0 Å². The van der Waals surface area contributed by atoms with E-state index in [0.29, 0.717) is 24.4 Å². The highest BCUT2D eigenvalue weighted by Crippen LogP contribution is 2.27. The summed E-state index contributed by atoms with van der Waals surface area (Å²) in [5, 5.41) is 9.32. The number of rotatable bonds is 5. The number of carbonyl (C=O) groups excluding carboxylic acids is 1. The zero-order valence-electron chi connectivity index (χ0n) is 16.7. The van der Waals surface area contributed by atoms with Gasteiger partial charge in [0.2, 0.25) is 5.91 Å². The minimum Gasteiger partial charge on any atom is -0.310 e. The Balaban J connectivity index is 1.51. The number of aromatic nitrogens is 3. The van der Waals surface area contributed by atoms with E-state index in [2.05, 4.69) is 46.3 Å². The Hall–Kier alpha value is -2.73. The van der Waals surface area contributed by atoms with E-state index < -0.39 is 0 Å². The van der Waals surface area contributed by atoms with Crippen LogP contribution < -0.4 is 5.32 Å². The zero-order chi connectivity index (χ0) is 19.7. The molecule has 2 unspecified atom stereocenters. The number of fused-ring (bicyclic) bond motifs is 1. The second-order valence-electron chi connectivity index (χ2n) is 7.74. The molecule has 1 N–H and O–H groups in total. The molecule has 1 amide bonds. The fourth-order valence-corrected chi connectivity index (χ4v) is 4.16. The maximum atomic E-state index is 12.6. The summed E-state index contributed by atoms with van der Waals surface area (Å²) in [5.41, 5.74) is 2.17. The van der Waals surface area contributed by atoms with Gasteiger partial charge in [-0.25, -0.2) is 4.98 Å². The topological polar surface area (TPSA) is 63.1 Å². The van der Waals surface area contributed by atoms with Crippen molar-refractivity contribution >= 4 is 22.5 Å². The Bertz CT molecular complexity index is 996. The van der Waals surface area contributed by atoms with E-state index in [1.807, 2.05) is 37.8 Å². The molecule has 3 aromatic rings. The van der Waals surface area contributed by atoms with E-state index in [4.69, 9.17) is 0 Å². The van der Waals surface area contributed by atoms with Crippen LogP contribution in [-0.2, 0) is 11.8 Å². The maximum absolute atomic E-state index is 12.6. The molecule has 0 radical (unpaired) electrons. The van der Waals surface area contributed by atoms with Gasteiger partial charge >= 0.3 is 0 Å². The summed E-state index contributed by atoms with van der Waals surface area (Å²) in [6.45, 7) is 4.82. The third-order valence-electron chi connectivity index (χ3n) is 5.78. The van der Waals surface area contributed by atoms with Gasteiger partial charge in [0.05, 0.1) is 12.7 Å². The molecule has 1 aromatic carbocycles. The number of anilines is 1. The number of likely N-dealkylation sites (tertiary alicyclic amines) is 1. The van der Waals surface area contributed by atoms with Crippen LogP contribution in [0.3, 0.4) is 0 Å². The first kappa shape index (κ1) is 18.6. The fourth-order valence-electron chi connectivity index (χ4n) is 4.16. The van der Waals surface area contributed by atoms with Crippen molar-refractivity contribution in [2.24, 2.45) is 7.05 Å². The van der Waals surface area contributed by atoms with Gasteiger partial charge in [-0.3, -0.25) is 14.4 Å². The summed E-state index contributed by atoms with van der Waals surface area (Å²) in [6.07, 6.45) is 9.08. The van der Waals surface area contributed by atoms with Gasteiger partial charge in [0.25, 0.3) is 0 Å². The number of amides is 1. The Morgan fingerprint density at radius 1 is 1.18 bits per heavy atom. The maximum Gasteiger partial charge on any atom is 0.239 e. The van der Waals surface area contributed by atoms with Crippen molar-refractivity contribution in [3.8, 4) is 11.1 Å². The number of aryl methyl sites for hydroxylation is 1. The van der Waals surface area contributed by atoms with Gasteiger partial charge in [-0.05, 0) is 49.3 Å². The van der Waals surface area contributed by atoms with Crippen LogP contribution in [0.15, 0.2) is 42.9 Å². The monoisotopic (exact) mass is 377 g/mol. The molecule has 4 rings (SSSR count). The second-order valence-corrected chi connectivity index (χ2v) is 7.74. The van der Waals surface area contributed by atoms with Crippen LogP contribution >= 0.6 is 0 Å². The Morgan fingerprint density at radius 2 is 2.04 bits per heavy atom. The molecule has 2 aromatic heterocycles. The molecule has 0 saturated carbocycles. The smallest absolute Gasteiger partial charge is 0.239 e. The van der Waals surface area contributed by atoms with E-state index in [-0.39, 0.29) is 5.91 Å². The molecule has 0 spiro atoms. The predicted octanol–water partition coefficient (Wildman–Crippen LogP) is 3.84. The van der Waals surface area contributed by atoms with Crippen molar-refractivity contribution in [3.63, 3.8) is 0 Å². The molecule has 2 atom stereocenters. The lowest BCUT2D eigenvalue weighted by atomic mass is 10.1. The van der Waals surface area contributed by atoms with Crippen LogP contribution in [0.4, 0.5) is 5.82 Å². The highest BCUT2D eigenvalue weighted by molar-refractivity contribution is 5.94. The second kappa shape index (κ2) is 7.72. The lowest BCUT2D eigenvalue weighted by Gasteiger charge is -2.26. The van der Waals surface area contributed by atoms with E-state index in [9.17, 15) is 4.79 Å². The third-order valence-corrected chi connectivity index (χ3v) is 5.78. The first-order valence-corrected chi connectivity index (χ1v) is 9.98. The first-order chi connectivity index (χ1) is 13.5. The standard InChI is InChI=1S/C22H27N5O/c1-4-20-8-5-15(2)27(20)14-22(28)25-21-10-18-9-16(6-7-17(18)11-23-21)19-12-24-26(3)13-19/h6-7,9-13,15,20H,4-5,8,14H2,1-3H3,(H,23,25,28). The molecule has 1 aliphatic heterocycles. The normalized spacial score (nSPS) is 20.0. The number of hydrogen-bond acceptors (Lipinski definition) is 4. The fraction of sp³-hybridized carbons (Fsp3) is 0.409. The number of carbonyl (C=O) groups is 1. The lowest BCUT2D eigenvalue weighted by Crippen LogP contribution is -2.40. The summed E-state index contributed by atoms with van der Waals surface area (Å²) >= 11 is 0. The van der Waals surface area contributed by atoms with E-state index in [1.165, 1.54) is 6.42 Å².